The molecule has 3 rings (SSSR count). The third-order valence-electron chi connectivity index (χ3n) is 4.58. The van der Waals surface area contributed by atoms with Gasteiger partial charge in [0.1, 0.15) is 6.17 Å². The maximum absolute atomic E-state index is 13.4. The van der Waals surface area contributed by atoms with Gasteiger partial charge in [-0.1, -0.05) is 50.2 Å². The molecule has 0 spiro atoms. The average molecular weight is 378 g/mol. The lowest BCUT2D eigenvalue weighted by molar-refractivity contribution is -0.123. The van der Waals surface area contributed by atoms with Gasteiger partial charge in [-0.25, -0.2) is 4.39 Å². The predicted octanol–water partition coefficient (Wildman–Crippen LogP) is 3.53. The number of carbonyl (C=O) groups is 1. The zero-order chi connectivity index (χ0) is 17.8. The molecule has 6 heteroatoms. The van der Waals surface area contributed by atoms with Crippen LogP contribution in [-0.4, -0.2) is 29.6 Å². The number of alkyl halides is 1. The molecule has 0 bridgehead atoms. The van der Waals surface area contributed by atoms with Gasteiger partial charge in [0.25, 0.3) is 0 Å². The molecule has 2 unspecified atom stereocenters. The quantitative estimate of drug-likeness (QED) is 0.838. The molecular formula is C20H25ClFN3O. The van der Waals surface area contributed by atoms with E-state index < -0.39 is 12.2 Å². The van der Waals surface area contributed by atoms with Gasteiger partial charge in [0.15, 0.2) is 0 Å². The molecule has 0 aliphatic carbocycles. The van der Waals surface area contributed by atoms with Gasteiger partial charge in [-0.05, 0) is 23.1 Å². The summed E-state index contributed by atoms with van der Waals surface area (Å²) in [5.74, 6) is 0.208. The largest absolute Gasteiger partial charge is 0.342 e. The molecule has 1 aliphatic rings. The van der Waals surface area contributed by atoms with E-state index in [-0.39, 0.29) is 37.3 Å². The summed E-state index contributed by atoms with van der Waals surface area (Å²) in [6.45, 7) is 4.47. The van der Waals surface area contributed by atoms with E-state index >= 15 is 0 Å². The third kappa shape index (κ3) is 4.80. The van der Waals surface area contributed by atoms with Crippen molar-refractivity contribution >= 4 is 18.3 Å². The van der Waals surface area contributed by atoms with Crippen molar-refractivity contribution < 1.29 is 9.18 Å². The van der Waals surface area contributed by atoms with Crippen LogP contribution in [0.5, 0.6) is 0 Å². The van der Waals surface area contributed by atoms with E-state index in [0.717, 1.165) is 16.8 Å². The maximum atomic E-state index is 13.4. The minimum Gasteiger partial charge on any atom is -0.342 e. The summed E-state index contributed by atoms with van der Waals surface area (Å²) >= 11 is 0. The van der Waals surface area contributed by atoms with Crippen LogP contribution in [0.3, 0.4) is 0 Å². The van der Waals surface area contributed by atoms with Gasteiger partial charge in [0.2, 0.25) is 5.91 Å². The fraction of sp³-hybridized carbons (Fsp3) is 0.400. The molecule has 140 valence electrons. The van der Waals surface area contributed by atoms with Gasteiger partial charge >= 0.3 is 0 Å². The number of carbonyl (C=O) groups excluding carboxylic acids is 1. The molecule has 2 N–H and O–H groups in total. The first-order valence-corrected chi connectivity index (χ1v) is 8.73. The molecule has 0 radical (unpaired) electrons. The molecule has 2 heterocycles. The first kappa shape index (κ1) is 20.3. The Morgan fingerprint density at radius 3 is 2.46 bits per heavy atom. The Balaban J connectivity index is 0.00000243. The van der Waals surface area contributed by atoms with E-state index in [1.807, 2.05) is 48.7 Å². The molecule has 1 amide bonds. The van der Waals surface area contributed by atoms with E-state index in [2.05, 4.69) is 29.5 Å². The van der Waals surface area contributed by atoms with Gasteiger partial charge in [0.05, 0.1) is 17.8 Å². The number of aromatic nitrogens is 1. The van der Waals surface area contributed by atoms with Crippen LogP contribution in [0.4, 0.5) is 4.39 Å². The Hall–Kier alpha value is -1.98. The second-order valence-electron chi connectivity index (χ2n) is 6.82. The summed E-state index contributed by atoms with van der Waals surface area (Å²) in [6.07, 6.45) is 1.11. The number of hydrogen-bond donors (Lipinski definition) is 2. The number of amides is 1. The molecule has 1 aromatic carbocycles. The number of nitrogens with one attached hydrogen (secondary N) is 2. The van der Waals surface area contributed by atoms with Gasteiger partial charge < -0.3 is 10.6 Å². The highest BCUT2D eigenvalue weighted by molar-refractivity contribution is 5.85. The Morgan fingerprint density at radius 2 is 1.92 bits per heavy atom. The van der Waals surface area contributed by atoms with Gasteiger partial charge in [-0.15, -0.1) is 12.4 Å². The first-order valence-electron chi connectivity index (χ1n) is 8.73. The molecule has 1 aromatic heterocycles. The SMILES string of the molecule is CC(C)c1ccc(C(NC(=O)[C@H]2CC(F)CN2)c2ccccc2)nc1.Cl. The number of pyridine rings is 1. The monoisotopic (exact) mass is 377 g/mol. The summed E-state index contributed by atoms with van der Waals surface area (Å²) < 4.78 is 13.4. The van der Waals surface area contributed by atoms with Crippen LogP contribution in [-0.2, 0) is 4.79 Å². The van der Waals surface area contributed by atoms with Gasteiger partial charge in [-0.3, -0.25) is 9.78 Å². The number of halogens is 2. The molecule has 0 saturated carbocycles. The van der Waals surface area contributed by atoms with Crippen LogP contribution in [0, 0.1) is 0 Å². The number of rotatable bonds is 5. The molecule has 1 fully saturated rings. The highest BCUT2D eigenvalue weighted by Gasteiger charge is 2.31. The van der Waals surface area contributed by atoms with Crippen molar-refractivity contribution in [3.8, 4) is 0 Å². The second kappa shape index (κ2) is 9.10. The highest BCUT2D eigenvalue weighted by atomic mass is 35.5. The molecule has 26 heavy (non-hydrogen) atoms. The summed E-state index contributed by atoms with van der Waals surface area (Å²) in [5, 5.41) is 5.96. The zero-order valence-electron chi connectivity index (χ0n) is 15.0. The number of hydrogen-bond acceptors (Lipinski definition) is 3. The van der Waals surface area contributed by atoms with Crippen LogP contribution < -0.4 is 10.6 Å². The second-order valence-corrected chi connectivity index (χ2v) is 6.82. The van der Waals surface area contributed by atoms with Gasteiger partial charge in [-0.2, -0.15) is 0 Å². The number of nitrogens with zero attached hydrogens (tertiary/aromatic N) is 1. The van der Waals surface area contributed by atoms with Crippen molar-refractivity contribution in [2.75, 3.05) is 6.54 Å². The molecular weight excluding hydrogens is 353 g/mol. The van der Waals surface area contributed by atoms with E-state index in [4.69, 9.17) is 0 Å². The van der Waals surface area contributed by atoms with E-state index in [1.165, 1.54) is 0 Å². The molecule has 1 aliphatic heterocycles. The molecule has 4 nitrogen and oxygen atoms in total. The van der Waals surface area contributed by atoms with Crippen molar-refractivity contribution in [3.05, 3.63) is 65.5 Å². The third-order valence-corrected chi connectivity index (χ3v) is 4.58. The lowest BCUT2D eigenvalue weighted by Crippen LogP contribution is -2.42. The minimum absolute atomic E-state index is 0. The lowest BCUT2D eigenvalue weighted by atomic mass is 10.00. The Kier molecular flexibility index (Phi) is 7.12. The van der Waals surface area contributed by atoms with Crippen molar-refractivity contribution in [2.24, 2.45) is 0 Å². The normalized spacial score (nSPS) is 20.5. The van der Waals surface area contributed by atoms with E-state index in [1.54, 1.807) is 0 Å². The van der Waals surface area contributed by atoms with Crippen molar-refractivity contribution in [1.29, 1.82) is 0 Å². The van der Waals surface area contributed by atoms with Crippen LogP contribution in [0.1, 0.15) is 49.0 Å². The fourth-order valence-corrected chi connectivity index (χ4v) is 3.04. The molecule has 2 aromatic rings. The summed E-state index contributed by atoms with van der Waals surface area (Å²) in [5.41, 5.74) is 2.88. The van der Waals surface area contributed by atoms with E-state index in [0.29, 0.717) is 5.92 Å². The summed E-state index contributed by atoms with van der Waals surface area (Å²) in [7, 11) is 0. The van der Waals surface area contributed by atoms with Crippen LogP contribution in [0.25, 0.3) is 0 Å². The summed E-state index contributed by atoms with van der Waals surface area (Å²) in [4.78, 5) is 17.1. The van der Waals surface area contributed by atoms with Crippen LogP contribution in [0.2, 0.25) is 0 Å². The van der Waals surface area contributed by atoms with E-state index in [9.17, 15) is 9.18 Å². The average Bonchev–Trinajstić information content (AvgIpc) is 3.07. The molecule has 1 saturated heterocycles. The fourth-order valence-electron chi connectivity index (χ4n) is 3.04. The van der Waals surface area contributed by atoms with Crippen molar-refractivity contribution in [1.82, 2.24) is 15.6 Å². The Labute approximate surface area is 160 Å². The van der Waals surface area contributed by atoms with Crippen molar-refractivity contribution in [3.63, 3.8) is 0 Å². The van der Waals surface area contributed by atoms with Crippen LogP contribution in [0.15, 0.2) is 48.7 Å². The van der Waals surface area contributed by atoms with Gasteiger partial charge in [0, 0.05) is 19.2 Å². The Morgan fingerprint density at radius 1 is 1.19 bits per heavy atom. The van der Waals surface area contributed by atoms with Crippen molar-refractivity contribution in [2.45, 2.75) is 44.4 Å². The van der Waals surface area contributed by atoms with Crippen LogP contribution >= 0.6 is 12.4 Å². The summed E-state index contributed by atoms with van der Waals surface area (Å²) in [6, 6.07) is 12.9. The molecule has 3 atom stereocenters. The Bertz CT molecular complexity index is 709. The predicted molar refractivity (Wildman–Crippen MR) is 103 cm³/mol. The zero-order valence-corrected chi connectivity index (χ0v) is 15.8. The first-order chi connectivity index (χ1) is 12.0. The maximum Gasteiger partial charge on any atom is 0.238 e. The lowest BCUT2D eigenvalue weighted by Gasteiger charge is -2.21. The minimum atomic E-state index is -0.964. The number of benzene rings is 1. The highest BCUT2D eigenvalue weighted by Crippen LogP contribution is 2.23. The standard InChI is InChI=1S/C20H24FN3O.ClH/c1-13(2)15-8-9-17(22-11-15)19(14-6-4-3-5-7-14)24-20(25)18-10-16(21)12-23-18;/h3-9,11,13,16,18-19,23H,10,12H2,1-2H3,(H,24,25);1H/t16?,18-,19?;/m1./s1. The topological polar surface area (TPSA) is 54.0 Å². The smallest absolute Gasteiger partial charge is 0.238 e.